The Kier molecular flexibility index (Phi) is 32.0. The summed E-state index contributed by atoms with van der Waals surface area (Å²) < 4.78 is 0. The summed E-state index contributed by atoms with van der Waals surface area (Å²) in [7, 11) is 13.8. The summed E-state index contributed by atoms with van der Waals surface area (Å²) in [6, 6.07) is 14.7. The minimum absolute atomic E-state index is 1.02. The van der Waals surface area contributed by atoms with E-state index in [0.29, 0.717) is 0 Å². The van der Waals surface area contributed by atoms with Gasteiger partial charge in [0, 0.05) is 116 Å². The van der Waals surface area contributed by atoms with Crippen LogP contribution in [0.5, 0.6) is 0 Å². The van der Waals surface area contributed by atoms with Crippen molar-refractivity contribution in [3.63, 3.8) is 0 Å². The lowest BCUT2D eigenvalue weighted by Crippen LogP contribution is -2.23. The van der Waals surface area contributed by atoms with Crippen LogP contribution < -0.4 is 29.4 Å². The van der Waals surface area contributed by atoms with Gasteiger partial charge in [0.15, 0.2) is 0 Å². The van der Waals surface area contributed by atoms with Gasteiger partial charge in [-0.15, -0.1) is 0 Å². The average molecular weight is 1010 g/mol. The number of hydrogen-bond donors (Lipinski definition) is 0. The minimum atomic E-state index is 1.02. The molecule has 6 heteroatoms. The molecule has 414 valence electrons. The number of anilines is 6. The summed E-state index contributed by atoms with van der Waals surface area (Å²) in [6.45, 7) is 28.7. The van der Waals surface area contributed by atoms with Crippen molar-refractivity contribution in [2.45, 2.75) is 196 Å². The summed E-state index contributed by atoms with van der Waals surface area (Å²) in [5.74, 6) is 0. The SMILES string of the molecule is C=Cc1cc(N(C)CCCCCC)c(/C=C/c2cc(N(C)CCCCCC)c(/C=C/c3cc(N(C)CCCCCC)c(C=C)cc3N(C)CCCCCC)cc2N(C)CCCCCC)cc1N(C)CCCCCC. The largest absolute Gasteiger partial charge is 0.374 e. The Morgan fingerprint density at radius 1 is 0.257 bits per heavy atom. The predicted molar refractivity (Wildman–Crippen MR) is 342 cm³/mol. The molecule has 0 aliphatic rings. The Labute approximate surface area is 458 Å². The van der Waals surface area contributed by atoms with Crippen molar-refractivity contribution < 1.29 is 0 Å². The topological polar surface area (TPSA) is 19.4 Å². The standard InChI is InChI=1S/C68H112N6/c1-15-23-29-35-45-69(9)63-53-59(65(51-57(63)21-7)71(11)47-37-31-25-17-3)41-43-61-55-68(74(14)50-40-34-28-20-6)62(56-67(61)73(13)49-39-33-27-19-5)44-42-60-54-64(70(10)46-36-30-24-16-2)58(22-8)52-66(60)72(12)48-38-32-26-18-4/h21-22,41-44,51-56H,7-8,15-20,23-40,45-50H2,1-6,9-14H3/b43-41+,44-42+. The number of rotatable bonds is 42. The highest BCUT2D eigenvalue weighted by Gasteiger charge is 2.19. The normalized spacial score (nSPS) is 11.5. The lowest BCUT2D eigenvalue weighted by Gasteiger charge is -2.28. The van der Waals surface area contributed by atoms with Gasteiger partial charge in [0.05, 0.1) is 0 Å². The molecular weight excluding hydrogens is 901 g/mol. The Hall–Kier alpha value is -4.58. The van der Waals surface area contributed by atoms with Gasteiger partial charge in [0.2, 0.25) is 0 Å². The smallest absolute Gasteiger partial charge is 0.0444 e. The maximum atomic E-state index is 4.34. The van der Waals surface area contributed by atoms with Gasteiger partial charge in [-0.05, 0) is 108 Å². The molecule has 0 heterocycles. The first-order valence-electron chi connectivity index (χ1n) is 30.3. The van der Waals surface area contributed by atoms with Crippen LogP contribution >= 0.6 is 0 Å². The highest BCUT2D eigenvalue weighted by molar-refractivity contribution is 5.91. The molecule has 0 aliphatic carbocycles. The molecule has 3 aromatic carbocycles. The Balaban J connectivity index is 2.38. The fraction of sp³-hybridized carbons (Fsp3) is 0.618. The Bertz CT molecular complexity index is 1930. The third-order valence-corrected chi connectivity index (χ3v) is 15.4. The van der Waals surface area contributed by atoms with E-state index in [1.165, 1.54) is 222 Å². The van der Waals surface area contributed by atoms with Crippen LogP contribution in [0.15, 0.2) is 49.6 Å². The van der Waals surface area contributed by atoms with E-state index in [4.69, 9.17) is 0 Å². The summed E-state index contributed by atoms with van der Waals surface area (Å²) in [5, 5.41) is 0. The highest BCUT2D eigenvalue weighted by atomic mass is 15.1. The first-order chi connectivity index (χ1) is 35.9. The zero-order valence-electron chi connectivity index (χ0n) is 50.2. The third-order valence-electron chi connectivity index (χ3n) is 15.4. The molecule has 0 unspecified atom stereocenters. The first-order valence-corrected chi connectivity index (χ1v) is 30.3. The molecule has 74 heavy (non-hydrogen) atoms. The van der Waals surface area contributed by atoms with E-state index in [9.17, 15) is 0 Å². The molecule has 0 saturated heterocycles. The van der Waals surface area contributed by atoms with Crippen LogP contribution in [0.3, 0.4) is 0 Å². The quantitative estimate of drug-likeness (QED) is 0.0413. The second-order valence-electron chi connectivity index (χ2n) is 21.9. The molecule has 0 fully saturated rings. The molecule has 0 aromatic heterocycles. The molecule has 0 atom stereocenters. The summed E-state index contributed by atoms with van der Waals surface area (Å²) in [6.07, 6.45) is 43.7. The van der Waals surface area contributed by atoms with Gasteiger partial charge in [-0.1, -0.05) is 207 Å². The van der Waals surface area contributed by atoms with Crippen LogP contribution in [0.1, 0.15) is 229 Å². The van der Waals surface area contributed by atoms with E-state index in [1.54, 1.807) is 0 Å². The molecule has 6 nitrogen and oxygen atoms in total. The molecule has 3 aromatic rings. The number of benzene rings is 3. The third kappa shape index (κ3) is 21.6. The van der Waals surface area contributed by atoms with Crippen LogP contribution in [0.25, 0.3) is 36.5 Å². The van der Waals surface area contributed by atoms with E-state index in [0.717, 1.165) is 39.3 Å². The minimum Gasteiger partial charge on any atom is -0.374 e. The predicted octanol–water partition coefficient (Wildman–Crippen LogP) is 19.4. The van der Waals surface area contributed by atoms with Crippen molar-refractivity contribution in [2.24, 2.45) is 0 Å². The second-order valence-corrected chi connectivity index (χ2v) is 21.9. The molecular formula is C68H112N6. The fourth-order valence-corrected chi connectivity index (χ4v) is 10.4. The van der Waals surface area contributed by atoms with Crippen LogP contribution in [0, 0.1) is 0 Å². The zero-order chi connectivity index (χ0) is 54.1. The van der Waals surface area contributed by atoms with Crippen LogP contribution in [-0.4, -0.2) is 81.6 Å². The number of hydrogen-bond acceptors (Lipinski definition) is 6. The highest BCUT2D eigenvalue weighted by Crippen LogP contribution is 2.38. The molecule has 0 radical (unpaired) electrons. The van der Waals surface area contributed by atoms with E-state index in [2.05, 4.69) is 199 Å². The van der Waals surface area contributed by atoms with Crippen molar-refractivity contribution in [1.29, 1.82) is 0 Å². The van der Waals surface area contributed by atoms with E-state index >= 15 is 0 Å². The average Bonchev–Trinajstić information content (AvgIpc) is 3.41. The molecule has 0 aliphatic heterocycles. The molecule has 0 spiro atoms. The molecule has 0 saturated carbocycles. The fourth-order valence-electron chi connectivity index (χ4n) is 10.4. The number of unbranched alkanes of at least 4 members (excludes halogenated alkanes) is 18. The van der Waals surface area contributed by atoms with Crippen molar-refractivity contribution in [3.05, 3.63) is 82.9 Å². The molecule has 0 N–H and O–H groups in total. The zero-order valence-corrected chi connectivity index (χ0v) is 50.2. The van der Waals surface area contributed by atoms with Crippen molar-refractivity contribution in [2.75, 3.05) is 111 Å². The van der Waals surface area contributed by atoms with Crippen molar-refractivity contribution in [1.82, 2.24) is 0 Å². The van der Waals surface area contributed by atoms with Gasteiger partial charge in [0.1, 0.15) is 0 Å². The lowest BCUT2D eigenvalue weighted by molar-refractivity contribution is 0.660. The second kappa shape index (κ2) is 37.2. The Morgan fingerprint density at radius 2 is 0.419 bits per heavy atom. The summed E-state index contributed by atoms with van der Waals surface area (Å²) in [5.41, 5.74) is 15.1. The van der Waals surface area contributed by atoms with Crippen LogP contribution in [-0.2, 0) is 0 Å². The number of nitrogens with zero attached hydrogens (tertiary/aromatic N) is 6. The van der Waals surface area contributed by atoms with E-state index in [-0.39, 0.29) is 0 Å². The van der Waals surface area contributed by atoms with Gasteiger partial charge in [-0.2, -0.15) is 0 Å². The van der Waals surface area contributed by atoms with E-state index < -0.39 is 0 Å². The van der Waals surface area contributed by atoms with Crippen LogP contribution in [0.2, 0.25) is 0 Å². The van der Waals surface area contributed by atoms with Gasteiger partial charge in [0.25, 0.3) is 0 Å². The van der Waals surface area contributed by atoms with Crippen LogP contribution in [0.4, 0.5) is 34.1 Å². The maximum Gasteiger partial charge on any atom is 0.0444 e. The first kappa shape index (κ1) is 63.7. The maximum absolute atomic E-state index is 4.34. The Morgan fingerprint density at radius 3 is 0.581 bits per heavy atom. The lowest BCUT2D eigenvalue weighted by atomic mass is 9.99. The molecule has 0 amide bonds. The van der Waals surface area contributed by atoms with Gasteiger partial charge in [-0.3, -0.25) is 0 Å². The monoisotopic (exact) mass is 1010 g/mol. The van der Waals surface area contributed by atoms with Gasteiger partial charge < -0.3 is 29.4 Å². The van der Waals surface area contributed by atoms with Crippen molar-refractivity contribution >= 4 is 70.6 Å². The van der Waals surface area contributed by atoms with Crippen molar-refractivity contribution in [3.8, 4) is 0 Å². The molecule has 3 rings (SSSR count). The van der Waals surface area contributed by atoms with Gasteiger partial charge >= 0.3 is 0 Å². The van der Waals surface area contributed by atoms with Gasteiger partial charge in [-0.25, -0.2) is 0 Å². The summed E-state index contributed by atoms with van der Waals surface area (Å²) in [4.78, 5) is 15.0. The summed E-state index contributed by atoms with van der Waals surface area (Å²) >= 11 is 0. The van der Waals surface area contributed by atoms with E-state index in [1.807, 2.05) is 0 Å². The molecule has 0 bridgehead atoms.